The first-order valence-electron chi connectivity index (χ1n) is 3.09. The first-order valence-corrected chi connectivity index (χ1v) is 4.32. The molecule has 0 aromatic rings. The molecule has 74 valence electrons. The molecule has 0 aliphatic carbocycles. The summed E-state index contributed by atoms with van der Waals surface area (Å²) >= 11 is 0.982. The molecule has 0 aromatic heterocycles. The van der Waals surface area contributed by atoms with E-state index in [0.29, 0.717) is 4.90 Å². The van der Waals surface area contributed by atoms with E-state index in [0.717, 1.165) is 19.1 Å². The fraction of sp³-hybridized carbons (Fsp3) is 0.400. The summed E-state index contributed by atoms with van der Waals surface area (Å²) in [5.41, 5.74) is 4.84. The van der Waals surface area contributed by atoms with Crippen LogP contribution in [0.5, 0.6) is 0 Å². The van der Waals surface area contributed by atoms with Crippen molar-refractivity contribution in [1.82, 2.24) is 9.62 Å². The number of urea groups is 2. The van der Waals surface area contributed by atoms with Gasteiger partial charge < -0.3 is 10.5 Å². The van der Waals surface area contributed by atoms with Crippen molar-refractivity contribution in [3.8, 4) is 0 Å². The molecule has 0 aliphatic heterocycles. The number of nitrogens with two attached hydrogens (primary N) is 1. The Morgan fingerprint density at radius 1 is 1.62 bits per heavy atom. The van der Waals surface area contributed by atoms with Crippen LogP contribution in [0.25, 0.3) is 0 Å². The molecule has 0 saturated heterocycles. The lowest BCUT2D eigenvalue weighted by molar-refractivity contribution is 0.203. The largest absolute Gasteiger partial charge is 0.468 e. The van der Waals surface area contributed by atoms with Crippen molar-refractivity contribution in [2.24, 2.45) is 5.73 Å². The van der Waals surface area contributed by atoms with E-state index in [-0.39, 0.29) is 0 Å². The summed E-state index contributed by atoms with van der Waals surface area (Å²) in [6.07, 6.45) is 1.59. The molecule has 4 amide bonds. The molecular formula is C5H10N4O3S. The number of methoxy groups -OCH3 is 1. The number of primary amides is 1. The number of nitrogens with zero attached hydrogens (tertiary/aromatic N) is 1. The van der Waals surface area contributed by atoms with E-state index in [1.165, 1.54) is 0 Å². The number of hydrogen-bond acceptors (Lipinski definition) is 5. The van der Waals surface area contributed by atoms with Crippen LogP contribution >= 0.6 is 11.9 Å². The lowest BCUT2D eigenvalue weighted by Crippen LogP contribution is -2.48. The van der Waals surface area contributed by atoms with Crippen LogP contribution in [0.4, 0.5) is 9.59 Å². The second-order valence-electron chi connectivity index (χ2n) is 1.79. The van der Waals surface area contributed by atoms with E-state index >= 15 is 0 Å². The number of hydrogen-bond donors (Lipinski definition) is 3. The van der Waals surface area contributed by atoms with Crippen molar-refractivity contribution in [2.75, 3.05) is 13.4 Å². The van der Waals surface area contributed by atoms with Crippen LogP contribution in [0, 0.1) is 5.41 Å². The van der Waals surface area contributed by atoms with Crippen molar-refractivity contribution < 1.29 is 14.3 Å². The van der Waals surface area contributed by atoms with E-state index in [1.807, 2.05) is 0 Å². The SMILES string of the molecule is COC(=N)N(C(N)=O)C(=O)NSC. The number of amidine groups is 1. The average Bonchev–Trinajstić information content (AvgIpc) is 2.04. The number of rotatable bonds is 1. The Morgan fingerprint density at radius 2 is 2.15 bits per heavy atom. The quantitative estimate of drug-likeness (QED) is 0.317. The number of carbonyl (C=O) groups is 2. The maximum atomic E-state index is 11.1. The van der Waals surface area contributed by atoms with Crippen LogP contribution in [-0.4, -0.2) is 36.3 Å². The van der Waals surface area contributed by atoms with Gasteiger partial charge in [0.25, 0.3) is 0 Å². The van der Waals surface area contributed by atoms with Gasteiger partial charge in [-0.25, -0.2) is 9.59 Å². The molecular weight excluding hydrogens is 196 g/mol. The molecule has 0 atom stereocenters. The molecule has 0 radical (unpaired) electrons. The van der Waals surface area contributed by atoms with E-state index in [1.54, 1.807) is 6.26 Å². The highest BCUT2D eigenvalue weighted by molar-refractivity contribution is 7.97. The molecule has 4 N–H and O–H groups in total. The number of nitrogens with one attached hydrogen (secondary N) is 2. The summed E-state index contributed by atoms with van der Waals surface area (Å²) in [6.45, 7) is 0. The molecule has 0 bridgehead atoms. The molecule has 0 spiro atoms. The topological polar surface area (TPSA) is 109 Å². The van der Waals surface area contributed by atoms with Crippen LogP contribution in [0.2, 0.25) is 0 Å². The molecule has 13 heavy (non-hydrogen) atoms. The Balaban J connectivity index is 4.51. The summed E-state index contributed by atoms with van der Waals surface area (Å²) in [7, 11) is 1.16. The first-order chi connectivity index (χ1) is 6.04. The number of imide groups is 1. The predicted molar refractivity (Wildman–Crippen MR) is 48.2 cm³/mol. The van der Waals surface area contributed by atoms with Gasteiger partial charge in [0.2, 0.25) is 0 Å². The Kier molecular flexibility index (Phi) is 4.67. The third kappa shape index (κ3) is 3.20. The average molecular weight is 206 g/mol. The fourth-order valence-electron chi connectivity index (χ4n) is 0.517. The van der Waals surface area contributed by atoms with Crippen LogP contribution in [0.15, 0.2) is 0 Å². The molecule has 7 nitrogen and oxygen atoms in total. The monoisotopic (exact) mass is 206 g/mol. The fourth-order valence-corrected chi connectivity index (χ4v) is 0.783. The second kappa shape index (κ2) is 5.25. The van der Waals surface area contributed by atoms with Gasteiger partial charge in [-0.05, 0) is 0 Å². The first kappa shape index (κ1) is 11.6. The van der Waals surface area contributed by atoms with Crippen molar-refractivity contribution in [1.29, 1.82) is 5.41 Å². The Labute approximate surface area is 79.2 Å². The zero-order chi connectivity index (χ0) is 10.4. The van der Waals surface area contributed by atoms with Gasteiger partial charge in [0.15, 0.2) is 0 Å². The predicted octanol–water partition coefficient (Wildman–Crippen LogP) is -0.0641. The van der Waals surface area contributed by atoms with Gasteiger partial charge in [-0.15, -0.1) is 0 Å². The van der Waals surface area contributed by atoms with Crippen molar-refractivity contribution in [3.05, 3.63) is 0 Å². The van der Waals surface area contributed by atoms with Crippen molar-refractivity contribution >= 4 is 30.0 Å². The van der Waals surface area contributed by atoms with Crippen LogP contribution in [-0.2, 0) is 4.74 Å². The van der Waals surface area contributed by atoms with Crippen molar-refractivity contribution in [3.63, 3.8) is 0 Å². The lowest BCUT2D eigenvalue weighted by atomic mass is 10.7. The molecule has 0 unspecified atom stereocenters. The van der Waals surface area contributed by atoms with Crippen molar-refractivity contribution in [2.45, 2.75) is 0 Å². The number of ether oxygens (including phenoxy) is 1. The number of amides is 4. The second-order valence-corrected chi connectivity index (χ2v) is 2.41. The van der Waals surface area contributed by atoms with Gasteiger partial charge in [-0.2, -0.15) is 4.90 Å². The highest BCUT2D eigenvalue weighted by atomic mass is 32.2. The lowest BCUT2D eigenvalue weighted by Gasteiger charge is -2.16. The Morgan fingerprint density at radius 3 is 2.46 bits per heavy atom. The van der Waals surface area contributed by atoms with Gasteiger partial charge in [0.05, 0.1) is 7.11 Å². The zero-order valence-electron chi connectivity index (χ0n) is 7.16. The zero-order valence-corrected chi connectivity index (χ0v) is 7.97. The Bertz CT molecular complexity index is 232. The van der Waals surface area contributed by atoms with Crippen LogP contribution in [0.3, 0.4) is 0 Å². The van der Waals surface area contributed by atoms with Gasteiger partial charge in [-0.1, -0.05) is 11.9 Å². The maximum absolute atomic E-state index is 11.1. The summed E-state index contributed by atoms with van der Waals surface area (Å²) in [4.78, 5) is 22.1. The molecule has 0 saturated carbocycles. The molecule has 0 aromatic carbocycles. The minimum atomic E-state index is -1.07. The van der Waals surface area contributed by atoms with E-state index in [4.69, 9.17) is 11.1 Å². The summed E-state index contributed by atoms with van der Waals surface area (Å²) in [5, 5.41) is 7.07. The summed E-state index contributed by atoms with van der Waals surface area (Å²) in [6, 6.07) is -2.51. The van der Waals surface area contributed by atoms with E-state index < -0.39 is 18.1 Å². The standard InChI is InChI=1S/C5H10N4O3S/c1-12-4(7)9(3(6)10)5(11)8-13-2/h7H,1-2H3,(H2,6,10)(H,8,11). The summed E-state index contributed by atoms with van der Waals surface area (Å²) < 4.78 is 6.60. The van der Waals surface area contributed by atoms with Gasteiger partial charge in [-0.3, -0.25) is 10.1 Å². The Hall–Kier alpha value is -1.44. The third-order valence-corrected chi connectivity index (χ3v) is 1.39. The minimum absolute atomic E-state index is 0.372. The van der Waals surface area contributed by atoms with E-state index in [9.17, 15) is 9.59 Å². The molecule has 0 rings (SSSR count). The third-order valence-electron chi connectivity index (χ3n) is 1.01. The normalized spacial score (nSPS) is 8.77. The minimum Gasteiger partial charge on any atom is -0.468 e. The van der Waals surface area contributed by atoms with Crippen LogP contribution in [0.1, 0.15) is 0 Å². The molecule has 0 aliphatic rings. The molecule has 8 heteroatoms. The van der Waals surface area contributed by atoms with E-state index in [2.05, 4.69) is 9.46 Å². The van der Waals surface area contributed by atoms with Crippen LogP contribution < -0.4 is 10.5 Å². The highest BCUT2D eigenvalue weighted by Crippen LogP contribution is 1.95. The number of carbonyl (C=O) groups excluding carboxylic acids is 2. The van der Waals surface area contributed by atoms with Gasteiger partial charge in [0.1, 0.15) is 0 Å². The van der Waals surface area contributed by atoms with Gasteiger partial charge >= 0.3 is 18.1 Å². The molecule has 0 fully saturated rings. The highest BCUT2D eigenvalue weighted by Gasteiger charge is 2.24. The summed E-state index contributed by atoms with van der Waals surface area (Å²) in [5.74, 6) is 0. The maximum Gasteiger partial charge on any atom is 0.343 e. The smallest absolute Gasteiger partial charge is 0.343 e. The molecule has 0 heterocycles. The van der Waals surface area contributed by atoms with Gasteiger partial charge in [0, 0.05) is 6.26 Å².